The van der Waals surface area contributed by atoms with Gasteiger partial charge in [0.25, 0.3) is 0 Å². The molecule has 8 heteroatoms. The molecule has 1 heterocycles. The molecular formula is C13H8ClF3N4. The molecule has 2 rings (SSSR count). The van der Waals surface area contributed by atoms with E-state index in [0.717, 1.165) is 12.1 Å². The Hall–Kier alpha value is -2.46. The summed E-state index contributed by atoms with van der Waals surface area (Å²) in [5.41, 5.74) is 11.0. The first kappa shape index (κ1) is 14.9. The number of nitrogen functional groups attached to an aromatic ring is 2. The average molecular weight is 313 g/mol. The standard InChI is InChI=1S/C13H8ClF3N4/c14-11-8(5-18)9(10(19)12(20)21-11)6-1-3-7(4-2-6)13(15,16)17/h1-4H,19H2,(H2,20,21). The molecule has 0 atom stereocenters. The first-order valence-corrected chi connectivity index (χ1v) is 5.95. The van der Waals surface area contributed by atoms with Crippen molar-refractivity contribution in [3.63, 3.8) is 0 Å². The number of nitriles is 1. The molecule has 21 heavy (non-hydrogen) atoms. The van der Waals surface area contributed by atoms with Gasteiger partial charge in [0.15, 0.2) is 0 Å². The second-order valence-electron chi connectivity index (χ2n) is 4.14. The van der Waals surface area contributed by atoms with Crippen LogP contribution in [0.1, 0.15) is 11.1 Å². The van der Waals surface area contributed by atoms with Gasteiger partial charge in [-0.05, 0) is 17.7 Å². The molecule has 0 aliphatic carbocycles. The first-order valence-electron chi connectivity index (χ1n) is 5.58. The summed E-state index contributed by atoms with van der Waals surface area (Å²) in [5, 5.41) is 8.96. The van der Waals surface area contributed by atoms with Crippen molar-refractivity contribution < 1.29 is 13.2 Å². The van der Waals surface area contributed by atoms with E-state index in [1.165, 1.54) is 12.1 Å². The van der Waals surface area contributed by atoms with E-state index in [4.69, 9.17) is 28.3 Å². The zero-order chi connectivity index (χ0) is 15.8. The van der Waals surface area contributed by atoms with Crippen molar-refractivity contribution in [1.29, 1.82) is 5.26 Å². The molecule has 0 unspecified atom stereocenters. The highest BCUT2D eigenvalue weighted by atomic mass is 35.5. The van der Waals surface area contributed by atoms with Crippen LogP contribution in [0.5, 0.6) is 0 Å². The van der Waals surface area contributed by atoms with Gasteiger partial charge >= 0.3 is 6.18 Å². The van der Waals surface area contributed by atoms with Gasteiger partial charge in [-0.2, -0.15) is 18.4 Å². The van der Waals surface area contributed by atoms with Crippen molar-refractivity contribution in [2.45, 2.75) is 6.18 Å². The molecule has 0 saturated carbocycles. The monoisotopic (exact) mass is 312 g/mol. The van der Waals surface area contributed by atoms with Crippen molar-refractivity contribution in [2.75, 3.05) is 11.5 Å². The van der Waals surface area contributed by atoms with Gasteiger partial charge in [0.2, 0.25) is 0 Å². The largest absolute Gasteiger partial charge is 0.416 e. The van der Waals surface area contributed by atoms with Crippen LogP contribution in [0, 0.1) is 11.3 Å². The van der Waals surface area contributed by atoms with Crippen LogP contribution in [-0.2, 0) is 6.18 Å². The van der Waals surface area contributed by atoms with Gasteiger partial charge in [-0.25, -0.2) is 4.98 Å². The topological polar surface area (TPSA) is 88.7 Å². The maximum Gasteiger partial charge on any atom is 0.416 e. The summed E-state index contributed by atoms with van der Waals surface area (Å²) in [5.74, 6) is -0.0890. The molecule has 0 bridgehead atoms. The van der Waals surface area contributed by atoms with E-state index in [1.807, 2.05) is 6.07 Å². The minimum atomic E-state index is -4.45. The lowest BCUT2D eigenvalue weighted by molar-refractivity contribution is -0.137. The number of pyridine rings is 1. The van der Waals surface area contributed by atoms with E-state index >= 15 is 0 Å². The van der Waals surface area contributed by atoms with Gasteiger partial charge in [-0.15, -0.1) is 0 Å². The maximum atomic E-state index is 12.5. The molecule has 0 spiro atoms. The molecule has 0 aliphatic heterocycles. The molecule has 4 N–H and O–H groups in total. The van der Waals surface area contributed by atoms with E-state index in [2.05, 4.69) is 4.98 Å². The third kappa shape index (κ3) is 2.71. The molecule has 0 radical (unpaired) electrons. The van der Waals surface area contributed by atoms with E-state index in [9.17, 15) is 13.2 Å². The summed E-state index contributed by atoms with van der Waals surface area (Å²) in [7, 11) is 0. The Morgan fingerprint density at radius 1 is 1.14 bits per heavy atom. The number of halogens is 4. The Morgan fingerprint density at radius 2 is 1.71 bits per heavy atom. The Balaban J connectivity index is 2.65. The van der Waals surface area contributed by atoms with Crippen LogP contribution in [-0.4, -0.2) is 4.98 Å². The number of alkyl halides is 3. The van der Waals surface area contributed by atoms with Crippen LogP contribution in [0.4, 0.5) is 24.7 Å². The number of aromatic nitrogens is 1. The van der Waals surface area contributed by atoms with Gasteiger partial charge in [0, 0.05) is 5.56 Å². The number of benzene rings is 1. The highest BCUT2D eigenvalue weighted by Gasteiger charge is 2.30. The minimum absolute atomic E-state index is 0.00397. The first-order chi connectivity index (χ1) is 9.75. The zero-order valence-electron chi connectivity index (χ0n) is 10.4. The SMILES string of the molecule is N#Cc1c(Cl)nc(N)c(N)c1-c1ccc(C(F)(F)F)cc1. The molecule has 0 aliphatic rings. The van der Waals surface area contributed by atoms with Gasteiger partial charge < -0.3 is 11.5 Å². The van der Waals surface area contributed by atoms with Gasteiger partial charge in [-0.1, -0.05) is 23.7 Å². The Labute approximate surface area is 122 Å². The van der Waals surface area contributed by atoms with Crippen LogP contribution in [0.2, 0.25) is 5.15 Å². The summed E-state index contributed by atoms with van der Waals surface area (Å²) in [4.78, 5) is 3.70. The summed E-state index contributed by atoms with van der Waals surface area (Å²) >= 11 is 5.81. The molecule has 0 saturated heterocycles. The summed E-state index contributed by atoms with van der Waals surface area (Å²) in [6, 6.07) is 6.00. The van der Waals surface area contributed by atoms with Crippen LogP contribution < -0.4 is 11.5 Å². The Bertz CT molecular complexity index is 733. The fourth-order valence-electron chi connectivity index (χ4n) is 1.82. The second kappa shape index (κ2) is 5.14. The molecule has 0 fully saturated rings. The summed E-state index contributed by atoms with van der Waals surface area (Å²) in [6.45, 7) is 0. The normalized spacial score (nSPS) is 11.2. The van der Waals surface area contributed by atoms with Crippen molar-refractivity contribution in [1.82, 2.24) is 4.98 Å². The van der Waals surface area contributed by atoms with Gasteiger partial charge in [0.05, 0.1) is 16.8 Å². The van der Waals surface area contributed by atoms with Gasteiger partial charge in [-0.3, -0.25) is 0 Å². The summed E-state index contributed by atoms with van der Waals surface area (Å²) in [6.07, 6.45) is -4.45. The van der Waals surface area contributed by atoms with Crippen LogP contribution in [0.15, 0.2) is 24.3 Å². The van der Waals surface area contributed by atoms with E-state index < -0.39 is 11.7 Å². The van der Waals surface area contributed by atoms with Crippen molar-refractivity contribution in [3.8, 4) is 17.2 Å². The van der Waals surface area contributed by atoms with Crippen LogP contribution in [0.3, 0.4) is 0 Å². The quantitative estimate of drug-likeness (QED) is 0.789. The molecular weight excluding hydrogens is 305 g/mol. The van der Waals surface area contributed by atoms with Crippen LogP contribution in [0.25, 0.3) is 11.1 Å². The smallest absolute Gasteiger partial charge is 0.395 e. The van der Waals surface area contributed by atoms with Crippen molar-refractivity contribution in [2.24, 2.45) is 0 Å². The molecule has 1 aromatic carbocycles. The van der Waals surface area contributed by atoms with Crippen molar-refractivity contribution >= 4 is 23.1 Å². The second-order valence-corrected chi connectivity index (χ2v) is 4.50. The molecule has 0 amide bonds. The molecule has 1 aromatic heterocycles. The number of hydrogen-bond donors (Lipinski definition) is 2. The predicted octanol–water partition coefficient (Wildman–Crippen LogP) is 3.46. The highest BCUT2D eigenvalue weighted by molar-refractivity contribution is 6.31. The third-order valence-corrected chi connectivity index (χ3v) is 3.11. The number of nitrogens with two attached hydrogens (primary N) is 2. The number of rotatable bonds is 1. The third-order valence-electron chi connectivity index (χ3n) is 2.83. The van der Waals surface area contributed by atoms with Crippen molar-refractivity contribution in [3.05, 3.63) is 40.5 Å². The fraction of sp³-hybridized carbons (Fsp3) is 0.0769. The Kier molecular flexibility index (Phi) is 3.66. The van der Waals surface area contributed by atoms with E-state index in [-0.39, 0.29) is 27.8 Å². The highest BCUT2D eigenvalue weighted by Crippen LogP contribution is 2.37. The molecule has 4 nitrogen and oxygen atoms in total. The minimum Gasteiger partial charge on any atom is -0.395 e. The molecule has 108 valence electrons. The Morgan fingerprint density at radius 3 is 2.19 bits per heavy atom. The van der Waals surface area contributed by atoms with Crippen LogP contribution >= 0.6 is 11.6 Å². The number of anilines is 2. The van der Waals surface area contributed by atoms with E-state index in [1.54, 1.807) is 0 Å². The number of nitrogens with zero attached hydrogens (tertiary/aromatic N) is 2. The lowest BCUT2D eigenvalue weighted by Crippen LogP contribution is -2.05. The number of hydrogen-bond acceptors (Lipinski definition) is 4. The lowest BCUT2D eigenvalue weighted by Gasteiger charge is -2.12. The summed E-state index contributed by atoms with van der Waals surface area (Å²) < 4.78 is 37.6. The maximum absolute atomic E-state index is 12.5. The zero-order valence-corrected chi connectivity index (χ0v) is 11.1. The molecule has 2 aromatic rings. The lowest BCUT2D eigenvalue weighted by atomic mass is 9.99. The van der Waals surface area contributed by atoms with E-state index in [0.29, 0.717) is 5.56 Å². The fourth-order valence-corrected chi connectivity index (χ4v) is 2.04. The van der Waals surface area contributed by atoms with Gasteiger partial charge in [0.1, 0.15) is 17.0 Å². The average Bonchev–Trinajstić information content (AvgIpc) is 2.41. The predicted molar refractivity (Wildman–Crippen MR) is 73.2 cm³/mol.